The fourth-order valence-corrected chi connectivity index (χ4v) is 4.31. The second-order valence-electron chi connectivity index (χ2n) is 6.30. The van der Waals surface area contributed by atoms with E-state index in [0.29, 0.717) is 29.7 Å². The highest BCUT2D eigenvalue weighted by atomic mass is 16.5. The standard InChI is InChI=1S/C17H20O5/c1-22-11-5-6-12-13(15(18)19)8-10-4-2-3-7-17(10,16(20)21)14(12)9-11/h5-6,9-10,13H,2-4,7-8H2,1H3,(H,18,19)(H,20,21)/t10-,13-,17+/m0/s1. The average Bonchev–Trinajstić information content (AvgIpc) is 2.52. The summed E-state index contributed by atoms with van der Waals surface area (Å²) in [7, 11) is 1.53. The number of hydrogen-bond acceptors (Lipinski definition) is 3. The van der Waals surface area contributed by atoms with Gasteiger partial charge in [-0.15, -0.1) is 0 Å². The van der Waals surface area contributed by atoms with Crippen molar-refractivity contribution in [1.29, 1.82) is 0 Å². The Morgan fingerprint density at radius 2 is 2.05 bits per heavy atom. The van der Waals surface area contributed by atoms with E-state index in [1.807, 2.05) is 0 Å². The summed E-state index contributed by atoms with van der Waals surface area (Å²) < 4.78 is 5.24. The summed E-state index contributed by atoms with van der Waals surface area (Å²) in [4.78, 5) is 23.8. The molecule has 0 aliphatic heterocycles. The smallest absolute Gasteiger partial charge is 0.314 e. The third-order valence-electron chi connectivity index (χ3n) is 5.39. The molecule has 5 nitrogen and oxygen atoms in total. The maximum atomic E-state index is 12.2. The minimum Gasteiger partial charge on any atom is -0.497 e. The Hall–Kier alpha value is -2.04. The van der Waals surface area contributed by atoms with Gasteiger partial charge in [0.05, 0.1) is 18.4 Å². The molecule has 0 bridgehead atoms. The van der Waals surface area contributed by atoms with Crippen LogP contribution >= 0.6 is 0 Å². The van der Waals surface area contributed by atoms with Crippen molar-refractivity contribution in [1.82, 2.24) is 0 Å². The minimum atomic E-state index is -0.964. The van der Waals surface area contributed by atoms with Gasteiger partial charge in [0, 0.05) is 0 Å². The molecule has 0 aromatic heterocycles. The Morgan fingerprint density at radius 3 is 2.68 bits per heavy atom. The van der Waals surface area contributed by atoms with Crippen molar-refractivity contribution in [2.24, 2.45) is 5.92 Å². The van der Waals surface area contributed by atoms with E-state index in [1.54, 1.807) is 18.2 Å². The van der Waals surface area contributed by atoms with Gasteiger partial charge in [0.25, 0.3) is 0 Å². The molecule has 1 aromatic rings. The van der Waals surface area contributed by atoms with Gasteiger partial charge in [-0.05, 0) is 48.4 Å². The first-order valence-electron chi connectivity index (χ1n) is 7.65. The second kappa shape index (κ2) is 5.30. The Bertz CT molecular complexity index is 623. The molecule has 22 heavy (non-hydrogen) atoms. The minimum absolute atomic E-state index is 0.126. The quantitative estimate of drug-likeness (QED) is 0.897. The predicted molar refractivity (Wildman–Crippen MR) is 79.3 cm³/mol. The van der Waals surface area contributed by atoms with Crippen LogP contribution in [0.2, 0.25) is 0 Å². The van der Waals surface area contributed by atoms with Crippen LogP contribution < -0.4 is 4.74 Å². The van der Waals surface area contributed by atoms with E-state index in [2.05, 4.69) is 0 Å². The molecule has 1 aromatic carbocycles. The molecule has 2 aliphatic carbocycles. The van der Waals surface area contributed by atoms with Crippen molar-refractivity contribution >= 4 is 11.9 Å². The number of fused-ring (bicyclic) bond motifs is 3. The van der Waals surface area contributed by atoms with Gasteiger partial charge in [-0.25, -0.2) is 0 Å². The van der Waals surface area contributed by atoms with E-state index in [1.165, 1.54) is 7.11 Å². The zero-order chi connectivity index (χ0) is 15.9. The lowest BCUT2D eigenvalue weighted by Gasteiger charge is -2.47. The van der Waals surface area contributed by atoms with Crippen LogP contribution in [-0.4, -0.2) is 29.3 Å². The van der Waals surface area contributed by atoms with E-state index in [0.717, 1.165) is 19.3 Å². The molecule has 2 aliphatic rings. The third-order valence-corrected chi connectivity index (χ3v) is 5.39. The largest absolute Gasteiger partial charge is 0.497 e. The Morgan fingerprint density at radius 1 is 1.27 bits per heavy atom. The molecule has 0 saturated heterocycles. The highest BCUT2D eigenvalue weighted by Gasteiger charge is 2.54. The number of rotatable bonds is 3. The van der Waals surface area contributed by atoms with E-state index < -0.39 is 23.3 Å². The lowest BCUT2D eigenvalue weighted by molar-refractivity contribution is -0.151. The van der Waals surface area contributed by atoms with E-state index in [9.17, 15) is 19.8 Å². The second-order valence-corrected chi connectivity index (χ2v) is 6.30. The zero-order valence-electron chi connectivity index (χ0n) is 12.5. The van der Waals surface area contributed by atoms with Crippen molar-refractivity contribution in [3.8, 4) is 5.75 Å². The van der Waals surface area contributed by atoms with Crippen molar-refractivity contribution < 1.29 is 24.5 Å². The first-order chi connectivity index (χ1) is 10.5. The van der Waals surface area contributed by atoms with Crippen LogP contribution in [0.4, 0.5) is 0 Å². The lowest BCUT2D eigenvalue weighted by Crippen LogP contribution is -2.49. The van der Waals surface area contributed by atoms with Crippen molar-refractivity contribution in [2.75, 3.05) is 7.11 Å². The molecule has 118 valence electrons. The first kappa shape index (κ1) is 14.9. The van der Waals surface area contributed by atoms with Crippen LogP contribution in [0, 0.1) is 5.92 Å². The summed E-state index contributed by atoms with van der Waals surface area (Å²) in [6, 6.07) is 5.17. The maximum absolute atomic E-state index is 12.2. The number of ether oxygens (including phenoxy) is 1. The van der Waals surface area contributed by atoms with Crippen LogP contribution in [0.3, 0.4) is 0 Å². The molecule has 0 unspecified atom stereocenters. The molecule has 5 heteroatoms. The normalized spacial score (nSPS) is 30.0. The molecule has 3 rings (SSSR count). The van der Waals surface area contributed by atoms with Crippen LogP contribution in [0.5, 0.6) is 5.75 Å². The number of aliphatic carboxylic acids is 2. The topological polar surface area (TPSA) is 83.8 Å². The monoisotopic (exact) mass is 304 g/mol. The van der Waals surface area contributed by atoms with Crippen LogP contribution in [-0.2, 0) is 15.0 Å². The molecule has 2 N–H and O–H groups in total. The Balaban J connectivity index is 2.24. The third kappa shape index (κ3) is 1.99. The van der Waals surface area contributed by atoms with Crippen LogP contribution in [0.1, 0.15) is 49.1 Å². The number of carboxylic acid groups (broad SMARTS) is 2. The fraction of sp³-hybridized carbons (Fsp3) is 0.529. The van der Waals surface area contributed by atoms with Gasteiger partial charge in [0.15, 0.2) is 0 Å². The van der Waals surface area contributed by atoms with Crippen molar-refractivity contribution in [3.05, 3.63) is 29.3 Å². The van der Waals surface area contributed by atoms with Gasteiger partial charge < -0.3 is 14.9 Å². The predicted octanol–water partition coefficient (Wildman–Crippen LogP) is 2.78. The van der Waals surface area contributed by atoms with Crippen LogP contribution in [0.15, 0.2) is 18.2 Å². The average molecular weight is 304 g/mol. The number of benzene rings is 1. The number of methoxy groups -OCH3 is 1. The lowest BCUT2D eigenvalue weighted by atomic mass is 9.55. The first-order valence-corrected chi connectivity index (χ1v) is 7.65. The number of carbonyl (C=O) groups is 2. The van der Waals surface area contributed by atoms with Gasteiger partial charge in [-0.2, -0.15) is 0 Å². The molecule has 0 radical (unpaired) electrons. The van der Waals surface area contributed by atoms with Gasteiger partial charge in [-0.3, -0.25) is 9.59 Å². The Kier molecular flexibility index (Phi) is 3.59. The summed E-state index contributed by atoms with van der Waals surface area (Å²) in [5, 5.41) is 19.5. The summed E-state index contributed by atoms with van der Waals surface area (Å²) in [6.45, 7) is 0. The molecule has 1 saturated carbocycles. The van der Waals surface area contributed by atoms with Gasteiger partial charge in [0.1, 0.15) is 5.75 Å². The van der Waals surface area contributed by atoms with Gasteiger partial charge >= 0.3 is 11.9 Å². The summed E-state index contributed by atoms with van der Waals surface area (Å²) in [6.07, 6.45) is 3.57. The highest BCUT2D eigenvalue weighted by molar-refractivity contribution is 5.86. The summed E-state index contributed by atoms with van der Waals surface area (Å²) in [5.41, 5.74) is 0.310. The van der Waals surface area contributed by atoms with Gasteiger partial charge in [0.2, 0.25) is 0 Å². The highest BCUT2D eigenvalue weighted by Crippen LogP contribution is 2.54. The molecule has 0 heterocycles. The fourth-order valence-electron chi connectivity index (χ4n) is 4.31. The maximum Gasteiger partial charge on any atom is 0.314 e. The molecule has 0 amide bonds. The number of carboxylic acids is 2. The van der Waals surface area contributed by atoms with E-state index in [-0.39, 0.29) is 5.92 Å². The molecular formula is C17H20O5. The van der Waals surface area contributed by atoms with Crippen molar-refractivity contribution in [2.45, 2.75) is 43.4 Å². The molecule has 1 fully saturated rings. The number of hydrogen-bond donors (Lipinski definition) is 2. The zero-order valence-corrected chi connectivity index (χ0v) is 12.5. The van der Waals surface area contributed by atoms with Gasteiger partial charge in [-0.1, -0.05) is 18.9 Å². The van der Waals surface area contributed by atoms with E-state index >= 15 is 0 Å². The molecule has 0 spiro atoms. The summed E-state index contributed by atoms with van der Waals surface area (Å²) >= 11 is 0. The van der Waals surface area contributed by atoms with Crippen molar-refractivity contribution in [3.63, 3.8) is 0 Å². The van der Waals surface area contributed by atoms with E-state index in [4.69, 9.17) is 4.74 Å². The Labute approximate surface area is 128 Å². The summed E-state index contributed by atoms with van der Waals surface area (Å²) in [5.74, 6) is -1.89. The van der Waals surface area contributed by atoms with Crippen LogP contribution in [0.25, 0.3) is 0 Å². The SMILES string of the molecule is COc1ccc2c(c1)[C@@]1(C(=O)O)CCCC[C@H]1C[C@@H]2C(=O)O. The molecule has 3 atom stereocenters. The molecular weight excluding hydrogens is 284 g/mol.